The largest absolute Gasteiger partial charge is 0.412 e. The highest BCUT2D eigenvalue weighted by Gasteiger charge is 2.31. The number of likely N-dealkylation sites (tertiary alicyclic amines) is 1. The molecule has 1 heterocycles. The number of amidine groups is 2. The number of hydrogen-bond acceptors (Lipinski definition) is 6. The smallest absolute Gasteiger partial charge is 0.241 e. The lowest BCUT2D eigenvalue weighted by molar-refractivity contribution is -0.134. The predicted molar refractivity (Wildman–Crippen MR) is 170 cm³/mol. The molecule has 1 amide bonds. The quantitative estimate of drug-likeness (QED) is 0.159. The molecule has 1 saturated heterocycles. The Kier molecular flexibility index (Phi) is 17.4. The molecule has 0 aliphatic carbocycles. The number of piperidine rings is 1. The Morgan fingerprint density at radius 1 is 1.07 bits per heavy atom. The first kappa shape index (κ1) is 39.8. The molecule has 0 spiro atoms. The molecule has 1 unspecified atom stereocenters. The molecular weight excluding hydrogens is 601 g/mol. The zero-order valence-corrected chi connectivity index (χ0v) is 26.2. The van der Waals surface area contributed by atoms with Crippen LogP contribution in [-0.4, -0.2) is 76.1 Å². The standard InChI is InChI=1S/C25H37N7O3S.3ClH.H2O/c1-17-12-15-32(16-13-17)25(33)20(9-6-14-29-24(28)23(26)27)30-36(34,35)22-11-5-7-18-19(22)8-4-10-21(18)31(2)3;;;;/h4-5,7-8,10-11,17,20,30H,6,9,12-16H2,1-3H3,(H3,26,27)(H2,28,29);3*1H;1H2. The second kappa shape index (κ2) is 17.5. The minimum Gasteiger partial charge on any atom is -0.412 e. The normalized spacial score (nSPS) is 13.9. The van der Waals surface area contributed by atoms with Crippen LogP contribution in [-0.2, 0) is 14.8 Å². The number of nitrogens with two attached hydrogens (primary N) is 1. The maximum Gasteiger partial charge on any atom is 0.241 e. The van der Waals surface area contributed by atoms with Gasteiger partial charge in [0.15, 0.2) is 11.7 Å². The van der Waals surface area contributed by atoms with Gasteiger partial charge in [-0.3, -0.25) is 15.6 Å². The van der Waals surface area contributed by atoms with E-state index in [9.17, 15) is 13.2 Å². The number of fused-ring (bicyclic) bond motifs is 1. The van der Waals surface area contributed by atoms with Crippen LogP contribution in [0, 0.1) is 16.7 Å². The average molecular weight is 643 g/mol. The van der Waals surface area contributed by atoms with Crippen LogP contribution in [0.25, 0.3) is 10.8 Å². The topological polar surface area (TPSA) is 187 Å². The first-order valence-corrected chi connectivity index (χ1v) is 13.7. The minimum atomic E-state index is -4.02. The van der Waals surface area contributed by atoms with Gasteiger partial charge in [-0.25, -0.2) is 8.42 Å². The highest BCUT2D eigenvalue weighted by molar-refractivity contribution is 7.89. The number of hydrogen-bond donors (Lipinski definition) is 5. The van der Waals surface area contributed by atoms with E-state index in [2.05, 4.69) is 17.0 Å². The van der Waals surface area contributed by atoms with Gasteiger partial charge < -0.3 is 26.3 Å². The number of sulfonamides is 1. The van der Waals surface area contributed by atoms with Crippen molar-refractivity contribution in [3.63, 3.8) is 0 Å². The third kappa shape index (κ3) is 9.93. The van der Waals surface area contributed by atoms with Crippen LogP contribution in [0.15, 0.2) is 41.3 Å². The highest BCUT2D eigenvalue weighted by Crippen LogP contribution is 2.30. The molecule has 0 radical (unpaired) electrons. The van der Waals surface area contributed by atoms with Crippen molar-refractivity contribution in [1.29, 1.82) is 10.8 Å². The van der Waals surface area contributed by atoms with Crippen molar-refractivity contribution in [2.75, 3.05) is 38.6 Å². The van der Waals surface area contributed by atoms with Gasteiger partial charge in [-0.1, -0.05) is 31.2 Å². The van der Waals surface area contributed by atoms with Crippen molar-refractivity contribution in [3.8, 4) is 0 Å². The van der Waals surface area contributed by atoms with Crippen LogP contribution in [0.4, 0.5) is 5.69 Å². The number of halogens is 3. The summed E-state index contributed by atoms with van der Waals surface area (Å²) in [6.45, 7) is 3.65. The van der Waals surface area contributed by atoms with Crippen LogP contribution in [0.5, 0.6) is 0 Å². The Hall–Kier alpha value is -2.35. The lowest BCUT2D eigenvalue weighted by Gasteiger charge is -2.33. The molecule has 228 valence electrons. The first-order chi connectivity index (χ1) is 17.0. The van der Waals surface area contributed by atoms with Crippen molar-refractivity contribution in [3.05, 3.63) is 36.4 Å². The maximum absolute atomic E-state index is 13.6. The molecule has 11 nitrogen and oxygen atoms in total. The third-order valence-corrected chi connectivity index (χ3v) is 8.09. The Morgan fingerprint density at radius 2 is 1.65 bits per heavy atom. The van der Waals surface area contributed by atoms with E-state index in [1.165, 1.54) is 0 Å². The number of nitrogens with zero attached hydrogens (tertiary/aromatic N) is 2. The summed E-state index contributed by atoms with van der Waals surface area (Å²) in [6.07, 6.45) is 2.44. The SMILES string of the molecule is CC1CCN(C(=O)C(CCCNC(=N)C(=N)N)NS(=O)(=O)c2cccc3c(N(C)C)cccc23)CC1.Cl.Cl.Cl.O. The van der Waals surface area contributed by atoms with Gasteiger partial charge in [-0.15, -0.1) is 37.2 Å². The van der Waals surface area contributed by atoms with Crippen LogP contribution in [0.3, 0.4) is 0 Å². The Bertz CT molecular complexity index is 1240. The van der Waals surface area contributed by atoms with E-state index in [0.29, 0.717) is 37.4 Å². The van der Waals surface area contributed by atoms with E-state index < -0.39 is 16.1 Å². The Labute approximate surface area is 255 Å². The van der Waals surface area contributed by atoms with E-state index in [1.54, 1.807) is 23.1 Å². The average Bonchev–Trinajstić information content (AvgIpc) is 2.84. The summed E-state index contributed by atoms with van der Waals surface area (Å²) in [4.78, 5) is 17.2. The number of amides is 1. The zero-order valence-electron chi connectivity index (χ0n) is 22.9. The maximum atomic E-state index is 13.6. The van der Waals surface area contributed by atoms with E-state index >= 15 is 0 Å². The molecule has 0 saturated carbocycles. The van der Waals surface area contributed by atoms with Gasteiger partial charge in [0, 0.05) is 50.2 Å². The summed E-state index contributed by atoms with van der Waals surface area (Å²) in [7, 11) is -0.213. The predicted octanol–water partition coefficient (Wildman–Crippen LogP) is 2.53. The number of rotatable bonds is 9. The Morgan fingerprint density at radius 3 is 2.23 bits per heavy atom. The van der Waals surface area contributed by atoms with Crippen molar-refractivity contribution in [2.24, 2.45) is 11.7 Å². The van der Waals surface area contributed by atoms with Crippen LogP contribution < -0.4 is 20.7 Å². The van der Waals surface area contributed by atoms with Gasteiger partial charge >= 0.3 is 0 Å². The van der Waals surface area contributed by atoms with Crippen LogP contribution in [0.2, 0.25) is 0 Å². The molecule has 8 N–H and O–H groups in total. The molecule has 40 heavy (non-hydrogen) atoms. The van der Waals surface area contributed by atoms with E-state index in [0.717, 1.165) is 23.9 Å². The van der Waals surface area contributed by atoms with Crippen molar-refractivity contribution < 1.29 is 18.7 Å². The molecule has 1 atom stereocenters. The summed E-state index contributed by atoms with van der Waals surface area (Å²) >= 11 is 0. The number of nitrogens with one attached hydrogen (secondary N) is 4. The second-order valence-electron chi connectivity index (χ2n) is 9.56. The van der Waals surface area contributed by atoms with Gasteiger partial charge in [0.05, 0.1) is 4.90 Å². The molecule has 15 heteroatoms. The molecule has 1 fully saturated rings. The third-order valence-electron chi connectivity index (χ3n) is 6.56. The summed E-state index contributed by atoms with van der Waals surface area (Å²) in [5.41, 5.74) is 6.20. The number of anilines is 1. The van der Waals surface area contributed by atoms with Gasteiger partial charge in [0.2, 0.25) is 15.9 Å². The number of carbonyl (C=O) groups is 1. The molecule has 1 aliphatic rings. The fraction of sp³-hybridized carbons (Fsp3) is 0.480. The fourth-order valence-corrected chi connectivity index (χ4v) is 5.88. The number of benzene rings is 2. The highest BCUT2D eigenvalue weighted by atomic mass is 35.5. The van der Waals surface area contributed by atoms with E-state index in [1.807, 2.05) is 37.2 Å². The number of carbonyl (C=O) groups excluding carboxylic acids is 1. The van der Waals surface area contributed by atoms with E-state index in [4.69, 9.17) is 16.6 Å². The van der Waals surface area contributed by atoms with Gasteiger partial charge in [0.1, 0.15) is 6.04 Å². The lowest BCUT2D eigenvalue weighted by atomic mass is 9.98. The lowest BCUT2D eigenvalue weighted by Crippen LogP contribution is -2.50. The molecule has 3 rings (SSSR count). The molecule has 2 aromatic carbocycles. The summed E-state index contributed by atoms with van der Waals surface area (Å²) in [6, 6.07) is 9.75. The minimum absolute atomic E-state index is 0. The van der Waals surface area contributed by atoms with Crippen molar-refractivity contribution in [1.82, 2.24) is 14.9 Å². The van der Waals surface area contributed by atoms with Crippen molar-refractivity contribution >= 4 is 81.3 Å². The fourth-order valence-electron chi connectivity index (χ4n) is 4.44. The molecule has 2 aromatic rings. The first-order valence-electron chi connectivity index (χ1n) is 12.2. The van der Waals surface area contributed by atoms with Gasteiger partial charge in [-0.2, -0.15) is 4.72 Å². The summed E-state index contributed by atoms with van der Waals surface area (Å²) in [5.74, 6) is -0.274. The van der Waals surface area contributed by atoms with E-state index in [-0.39, 0.29) is 71.6 Å². The molecule has 1 aliphatic heterocycles. The summed E-state index contributed by atoms with van der Waals surface area (Å²) in [5, 5.41) is 19.0. The zero-order chi connectivity index (χ0) is 26.5. The Balaban J connectivity index is 0. The molecular formula is C25H42Cl3N7O4S. The van der Waals surface area contributed by atoms with Crippen LogP contribution >= 0.6 is 37.2 Å². The monoisotopic (exact) mass is 641 g/mol. The summed E-state index contributed by atoms with van der Waals surface area (Å²) < 4.78 is 29.9. The van der Waals surface area contributed by atoms with Gasteiger partial charge in [0.25, 0.3) is 0 Å². The van der Waals surface area contributed by atoms with Crippen LogP contribution in [0.1, 0.15) is 32.6 Å². The molecule has 0 bridgehead atoms. The second-order valence-corrected chi connectivity index (χ2v) is 11.2. The molecule has 0 aromatic heterocycles. The van der Waals surface area contributed by atoms with Gasteiger partial charge in [-0.05, 0) is 43.7 Å². The van der Waals surface area contributed by atoms with Crippen molar-refractivity contribution in [2.45, 2.75) is 43.5 Å².